The van der Waals surface area contributed by atoms with Crippen molar-refractivity contribution < 1.29 is 27.5 Å². The fourth-order valence-electron chi connectivity index (χ4n) is 2.60. The third-order valence-corrected chi connectivity index (χ3v) is 5.09. The predicted octanol–water partition coefficient (Wildman–Crippen LogP) is 2.75. The molecule has 0 bridgehead atoms. The number of nitrogens with one attached hydrogen (secondary N) is 1. The standard InChI is InChI=1S/C20H20N2O6S/c1-20(2,3)28-17(23)12-27-19(24)13-8-10-14(11-9-13)21-18-15-6-4-5-7-16(15)29(25,26)22-18/h4-11H,12H2,1-3H3,(H,21,22). The first kappa shape index (κ1) is 20.5. The van der Waals surface area contributed by atoms with Crippen LogP contribution in [0.15, 0.2) is 57.8 Å². The molecule has 1 N–H and O–H groups in total. The highest BCUT2D eigenvalue weighted by Crippen LogP contribution is 2.26. The van der Waals surface area contributed by atoms with Gasteiger partial charge in [-0.15, -0.1) is 4.40 Å². The maximum Gasteiger partial charge on any atom is 0.344 e. The van der Waals surface area contributed by atoms with Crippen molar-refractivity contribution >= 4 is 33.5 Å². The van der Waals surface area contributed by atoms with Crippen molar-refractivity contribution in [2.75, 3.05) is 11.9 Å². The Morgan fingerprint density at radius 1 is 1.03 bits per heavy atom. The molecule has 9 heteroatoms. The van der Waals surface area contributed by atoms with Gasteiger partial charge >= 0.3 is 11.9 Å². The van der Waals surface area contributed by atoms with Gasteiger partial charge in [0.05, 0.1) is 5.56 Å². The minimum absolute atomic E-state index is 0.143. The number of rotatable bonds is 4. The van der Waals surface area contributed by atoms with Gasteiger partial charge < -0.3 is 14.8 Å². The molecule has 0 fully saturated rings. The summed E-state index contributed by atoms with van der Waals surface area (Å²) < 4.78 is 37.9. The molecule has 0 aliphatic carbocycles. The van der Waals surface area contributed by atoms with E-state index in [0.29, 0.717) is 11.3 Å². The number of sulfonamides is 1. The van der Waals surface area contributed by atoms with E-state index in [9.17, 15) is 18.0 Å². The van der Waals surface area contributed by atoms with E-state index < -0.39 is 34.2 Å². The lowest BCUT2D eigenvalue weighted by molar-refractivity contribution is -0.158. The Morgan fingerprint density at radius 2 is 1.69 bits per heavy atom. The van der Waals surface area contributed by atoms with E-state index in [-0.39, 0.29) is 16.3 Å². The van der Waals surface area contributed by atoms with Gasteiger partial charge in [-0.05, 0) is 57.2 Å². The van der Waals surface area contributed by atoms with E-state index in [1.807, 2.05) is 0 Å². The van der Waals surface area contributed by atoms with Crippen molar-refractivity contribution in [2.45, 2.75) is 31.3 Å². The third-order valence-electron chi connectivity index (χ3n) is 3.76. The van der Waals surface area contributed by atoms with E-state index in [2.05, 4.69) is 9.71 Å². The minimum atomic E-state index is -3.72. The number of carbonyl (C=O) groups is 2. The molecule has 2 aromatic rings. The van der Waals surface area contributed by atoms with Crippen LogP contribution in [0.5, 0.6) is 0 Å². The Morgan fingerprint density at radius 3 is 2.34 bits per heavy atom. The lowest BCUT2D eigenvalue weighted by atomic mass is 10.1. The maximum absolute atomic E-state index is 12.1. The van der Waals surface area contributed by atoms with Gasteiger partial charge in [-0.3, -0.25) is 0 Å². The fourth-order valence-corrected chi connectivity index (χ4v) is 3.78. The predicted molar refractivity (Wildman–Crippen MR) is 106 cm³/mol. The van der Waals surface area contributed by atoms with Gasteiger partial charge in [-0.25, -0.2) is 9.59 Å². The number of hydrogen-bond donors (Lipinski definition) is 1. The Kier molecular flexibility index (Phi) is 5.43. The lowest BCUT2D eigenvalue weighted by Gasteiger charge is -2.19. The van der Waals surface area contributed by atoms with E-state index in [1.54, 1.807) is 51.1 Å². The zero-order chi connectivity index (χ0) is 21.2. The van der Waals surface area contributed by atoms with Crippen LogP contribution < -0.4 is 5.32 Å². The number of hydrogen-bond acceptors (Lipinski definition) is 7. The average molecular weight is 416 g/mol. The van der Waals surface area contributed by atoms with Gasteiger partial charge in [-0.2, -0.15) is 8.42 Å². The molecule has 1 heterocycles. The summed E-state index contributed by atoms with van der Waals surface area (Å²) in [6, 6.07) is 12.7. The molecule has 29 heavy (non-hydrogen) atoms. The summed E-state index contributed by atoms with van der Waals surface area (Å²) in [7, 11) is -3.72. The van der Waals surface area contributed by atoms with Crippen molar-refractivity contribution in [3.63, 3.8) is 0 Å². The van der Waals surface area contributed by atoms with Crippen molar-refractivity contribution in [3.05, 3.63) is 59.7 Å². The molecule has 0 saturated heterocycles. The molecular weight excluding hydrogens is 396 g/mol. The van der Waals surface area contributed by atoms with Crippen LogP contribution in [0, 0.1) is 0 Å². The molecular formula is C20H20N2O6S. The van der Waals surface area contributed by atoms with E-state index in [4.69, 9.17) is 9.47 Å². The first-order valence-corrected chi connectivity index (χ1v) is 10.2. The summed E-state index contributed by atoms with van der Waals surface area (Å²) in [6.45, 7) is 4.67. The number of ether oxygens (including phenoxy) is 2. The van der Waals surface area contributed by atoms with E-state index >= 15 is 0 Å². The molecule has 0 amide bonds. The number of fused-ring (bicyclic) bond motifs is 1. The largest absolute Gasteiger partial charge is 0.457 e. The minimum Gasteiger partial charge on any atom is -0.457 e. The molecule has 0 spiro atoms. The smallest absolute Gasteiger partial charge is 0.344 e. The van der Waals surface area contributed by atoms with Crippen LogP contribution in [-0.4, -0.2) is 38.4 Å². The molecule has 8 nitrogen and oxygen atoms in total. The third kappa shape index (κ3) is 5.00. The molecule has 152 valence electrons. The maximum atomic E-state index is 12.1. The zero-order valence-corrected chi connectivity index (χ0v) is 16.9. The molecule has 2 aromatic carbocycles. The number of anilines is 1. The quantitative estimate of drug-likeness (QED) is 0.763. The second kappa shape index (κ2) is 7.67. The van der Waals surface area contributed by atoms with Crippen LogP contribution in [0.1, 0.15) is 36.7 Å². The monoisotopic (exact) mass is 416 g/mol. The highest BCUT2D eigenvalue weighted by Gasteiger charge is 2.28. The van der Waals surface area contributed by atoms with Gasteiger partial charge in [0.25, 0.3) is 10.0 Å². The number of amidine groups is 1. The van der Waals surface area contributed by atoms with Crippen molar-refractivity contribution in [1.82, 2.24) is 0 Å². The number of esters is 2. The average Bonchev–Trinajstić information content (AvgIpc) is 2.90. The van der Waals surface area contributed by atoms with Crippen molar-refractivity contribution in [2.24, 2.45) is 4.40 Å². The van der Waals surface area contributed by atoms with Crippen LogP contribution in [0.3, 0.4) is 0 Å². The highest BCUT2D eigenvalue weighted by atomic mass is 32.2. The lowest BCUT2D eigenvalue weighted by Crippen LogP contribution is -2.27. The second-order valence-corrected chi connectivity index (χ2v) is 8.85. The second-order valence-electron chi connectivity index (χ2n) is 7.28. The summed E-state index contributed by atoms with van der Waals surface area (Å²) in [5, 5.41) is 2.94. The molecule has 1 aliphatic heterocycles. The Bertz CT molecular complexity index is 1080. The van der Waals surface area contributed by atoms with Gasteiger partial charge in [0, 0.05) is 11.3 Å². The normalized spacial score (nSPS) is 14.5. The van der Waals surface area contributed by atoms with Gasteiger partial charge in [0.2, 0.25) is 0 Å². The van der Waals surface area contributed by atoms with Gasteiger partial charge in [0.15, 0.2) is 12.4 Å². The van der Waals surface area contributed by atoms with Gasteiger partial charge in [-0.1, -0.05) is 12.1 Å². The van der Waals surface area contributed by atoms with E-state index in [1.165, 1.54) is 18.2 Å². The Hall–Kier alpha value is -3.20. The van der Waals surface area contributed by atoms with Gasteiger partial charge in [0.1, 0.15) is 10.5 Å². The van der Waals surface area contributed by atoms with Crippen molar-refractivity contribution in [3.8, 4) is 0 Å². The molecule has 3 rings (SSSR count). The van der Waals surface area contributed by atoms with Crippen LogP contribution in [0.4, 0.5) is 5.69 Å². The topological polar surface area (TPSA) is 111 Å². The first-order chi connectivity index (χ1) is 13.5. The Balaban J connectivity index is 1.64. The number of benzene rings is 2. The van der Waals surface area contributed by atoms with Crippen LogP contribution in [0.25, 0.3) is 0 Å². The SMILES string of the molecule is CC(C)(C)OC(=O)COC(=O)c1ccc(NC2=NS(=O)(=O)c3ccccc32)cc1. The van der Waals surface area contributed by atoms with Crippen LogP contribution in [-0.2, 0) is 24.3 Å². The summed E-state index contributed by atoms with van der Waals surface area (Å²) >= 11 is 0. The number of nitrogens with zero attached hydrogens (tertiary/aromatic N) is 1. The van der Waals surface area contributed by atoms with Crippen LogP contribution in [0.2, 0.25) is 0 Å². The molecule has 0 radical (unpaired) electrons. The molecule has 0 aromatic heterocycles. The van der Waals surface area contributed by atoms with Crippen LogP contribution >= 0.6 is 0 Å². The Labute approximate surface area is 168 Å². The zero-order valence-electron chi connectivity index (χ0n) is 16.1. The first-order valence-electron chi connectivity index (χ1n) is 8.76. The summed E-state index contributed by atoms with van der Waals surface area (Å²) in [6.07, 6.45) is 0. The molecule has 0 atom stereocenters. The van der Waals surface area contributed by atoms with Crippen molar-refractivity contribution in [1.29, 1.82) is 0 Å². The highest BCUT2D eigenvalue weighted by molar-refractivity contribution is 7.90. The van der Waals surface area contributed by atoms with E-state index in [0.717, 1.165) is 0 Å². The summed E-state index contributed by atoms with van der Waals surface area (Å²) in [4.78, 5) is 23.8. The number of carbonyl (C=O) groups excluding carboxylic acids is 2. The summed E-state index contributed by atoms with van der Waals surface area (Å²) in [5.74, 6) is -1.10. The molecule has 1 aliphatic rings. The fraction of sp³-hybridized carbons (Fsp3) is 0.250. The molecule has 0 saturated carbocycles. The summed E-state index contributed by atoms with van der Waals surface area (Å²) in [5.41, 5.74) is 0.597. The molecule has 0 unspecified atom stereocenters.